The fourth-order valence-electron chi connectivity index (χ4n) is 2.23. The number of hydrogen-bond acceptors (Lipinski definition) is 1. The van der Waals surface area contributed by atoms with Gasteiger partial charge in [0.2, 0.25) is 0 Å². The second-order valence-corrected chi connectivity index (χ2v) is 4.11. The summed E-state index contributed by atoms with van der Waals surface area (Å²) in [5.41, 5.74) is 0. The van der Waals surface area contributed by atoms with E-state index >= 15 is 0 Å². The van der Waals surface area contributed by atoms with Crippen molar-refractivity contribution in [1.29, 1.82) is 0 Å². The molecule has 1 atom stereocenters. The molecule has 0 N–H and O–H groups in total. The highest BCUT2D eigenvalue weighted by atomic mass is 16.1. The topological polar surface area (TPSA) is 17.1 Å². The van der Waals surface area contributed by atoms with Crippen molar-refractivity contribution in [3.05, 3.63) is 0 Å². The van der Waals surface area contributed by atoms with Gasteiger partial charge < -0.3 is 0 Å². The third kappa shape index (κ3) is 2.62. The molecular formula is C11H20O. The van der Waals surface area contributed by atoms with Gasteiger partial charge in [0.25, 0.3) is 0 Å². The van der Waals surface area contributed by atoms with Crippen molar-refractivity contribution in [2.75, 3.05) is 0 Å². The van der Waals surface area contributed by atoms with Crippen LogP contribution < -0.4 is 0 Å². The third-order valence-corrected chi connectivity index (χ3v) is 3.06. The minimum atomic E-state index is 0.318. The van der Waals surface area contributed by atoms with Gasteiger partial charge in [0, 0.05) is 12.3 Å². The van der Waals surface area contributed by atoms with E-state index in [0.717, 1.165) is 12.3 Å². The molecule has 0 aromatic rings. The Hall–Kier alpha value is -0.330. The average Bonchev–Trinajstić information content (AvgIpc) is 2.55. The molecule has 0 aliphatic heterocycles. The lowest BCUT2D eigenvalue weighted by atomic mass is 9.91. The van der Waals surface area contributed by atoms with Crippen molar-refractivity contribution in [2.45, 2.75) is 52.4 Å². The van der Waals surface area contributed by atoms with Gasteiger partial charge in [-0.05, 0) is 12.3 Å². The second-order valence-electron chi connectivity index (χ2n) is 4.11. The van der Waals surface area contributed by atoms with Gasteiger partial charge in [0.1, 0.15) is 5.78 Å². The standard InChI is InChI=1S/C11H20O/c1-3-11(12)9(2)8-10-6-4-5-7-10/h9-10H,3-8H2,1-2H3/t9-/m0/s1. The van der Waals surface area contributed by atoms with E-state index in [4.69, 9.17) is 0 Å². The van der Waals surface area contributed by atoms with Gasteiger partial charge in [0.05, 0.1) is 0 Å². The summed E-state index contributed by atoms with van der Waals surface area (Å²) in [7, 11) is 0. The van der Waals surface area contributed by atoms with Crippen LogP contribution in [0.3, 0.4) is 0 Å². The van der Waals surface area contributed by atoms with Crippen molar-refractivity contribution >= 4 is 5.78 Å². The zero-order valence-corrected chi connectivity index (χ0v) is 8.31. The molecule has 1 nitrogen and oxygen atoms in total. The van der Waals surface area contributed by atoms with Gasteiger partial charge in [-0.15, -0.1) is 0 Å². The lowest BCUT2D eigenvalue weighted by Gasteiger charge is -2.13. The number of carbonyl (C=O) groups excluding carboxylic acids is 1. The molecule has 0 amide bonds. The minimum absolute atomic E-state index is 0.318. The first-order chi connectivity index (χ1) is 5.74. The Kier molecular flexibility index (Phi) is 3.77. The average molecular weight is 168 g/mol. The van der Waals surface area contributed by atoms with Crippen LogP contribution in [0.4, 0.5) is 0 Å². The van der Waals surface area contributed by atoms with E-state index in [1.54, 1.807) is 0 Å². The smallest absolute Gasteiger partial charge is 0.135 e. The van der Waals surface area contributed by atoms with Crippen LogP contribution in [0.15, 0.2) is 0 Å². The first-order valence-corrected chi connectivity index (χ1v) is 5.26. The maximum atomic E-state index is 11.3. The van der Waals surface area contributed by atoms with Crippen LogP contribution in [0.1, 0.15) is 52.4 Å². The number of Topliss-reactive ketones (excluding diaryl/α,β-unsaturated/α-hetero) is 1. The first kappa shape index (κ1) is 9.76. The summed E-state index contributed by atoms with van der Waals surface area (Å²) in [6.45, 7) is 4.05. The summed E-state index contributed by atoms with van der Waals surface area (Å²) in [6.07, 6.45) is 7.36. The van der Waals surface area contributed by atoms with Gasteiger partial charge in [0.15, 0.2) is 0 Å². The first-order valence-electron chi connectivity index (χ1n) is 5.26. The maximum Gasteiger partial charge on any atom is 0.135 e. The van der Waals surface area contributed by atoms with Crippen molar-refractivity contribution in [2.24, 2.45) is 11.8 Å². The van der Waals surface area contributed by atoms with Crippen LogP contribution >= 0.6 is 0 Å². The number of rotatable bonds is 4. The fourth-order valence-corrected chi connectivity index (χ4v) is 2.23. The van der Waals surface area contributed by atoms with Crippen molar-refractivity contribution in [1.82, 2.24) is 0 Å². The predicted molar refractivity (Wildman–Crippen MR) is 51.0 cm³/mol. The molecule has 0 radical (unpaired) electrons. The summed E-state index contributed by atoms with van der Waals surface area (Å²) in [5, 5.41) is 0. The van der Waals surface area contributed by atoms with Gasteiger partial charge >= 0.3 is 0 Å². The van der Waals surface area contributed by atoms with Gasteiger partial charge in [-0.3, -0.25) is 4.79 Å². The van der Waals surface area contributed by atoms with Gasteiger partial charge in [-0.25, -0.2) is 0 Å². The monoisotopic (exact) mass is 168 g/mol. The molecule has 1 saturated carbocycles. The maximum absolute atomic E-state index is 11.3. The molecule has 0 aromatic carbocycles. The predicted octanol–water partition coefficient (Wildman–Crippen LogP) is 3.18. The highest BCUT2D eigenvalue weighted by Crippen LogP contribution is 2.30. The molecule has 1 fully saturated rings. The van der Waals surface area contributed by atoms with E-state index in [2.05, 4.69) is 6.92 Å². The van der Waals surface area contributed by atoms with Crippen LogP contribution in [0.25, 0.3) is 0 Å². The second kappa shape index (κ2) is 4.64. The molecule has 12 heavy (non-hydrogen) atoms. The van der Waals surface area contributed by atoms with Crippen LogP contribution in [0, 0.1) is 11.8 Å². The summed E-state index contributed by atoms with van der Waals surface area (Å²) in [4.78, 5) is 11.3. The van der Waals surface area contributed by atoms with Crippen LogP contribution in [0.2, 0.25) is 0 Å². The van der Waals surface area contributed by atoms with Crippen molar-refractivity contribution in [3.63, 3.8) is 0 Å². The van der Waals surface area contributed by atoms with Crippen LogP contribution in [-0.4, -0.2) is 5.78 Å². The zero-order valence-electron chi connectivity index (χ0n) is 8.31. The molecule has 0 aromatic heterocycles. The molecule has 0 saturated heterocycles. The molecular weight excluding hydrogens is 148 g/mol. The Bertz CT molecular complexity index is 145. The number of carbonyl (C=O) groups is 1. The van der Waals surface area contributed by atoms with E-state index in [1.165, 1.54) is 25.7 Å². The Morgan fingerprint density at radius 3 is 2.50 bits per heavy atom. The molecule has 1 heteroatoms. The SMILES string of the molecule is CCC(=O)[C@@H](C)CC1CCCC1. The molecule has 1 aliphatic rings. The van der Waals surface area contributed by atoms with Crippen LogP contribution in [0.5, 0.6) is 0 Å². The number of hydrogen-bond donors (Lipinski definition) is 0. The van der Waals surface area contributed by atoms with E-state index in [9.17, 15) is 4.79 Å². The Balaban J connectivity index is 2.24. The largest absolute Gasteiger partial charge is 0.299 e. The fraction of sp³-hybridized carbons (Fsp3) is 0.909. The highest BCUT2D eigenvalue weighted by molar-refractivity contribution is 5.80. The molecule has 70 valence electrons. The summed E-state index contributed by atoms with van der Waals surface area (Å²) < 4.78 is 0. The Morgan fingerprint density at radius 1 is 1.42 bits per heavy atom. The van der Waals surface area contributed by atoms with Crippen molar-refractivity contribution in [3.8, 4) is 0 Å². The summed E-state index contributed by atoms with van der Waals surface area (Å²) >= 11 is 0. The molecule has 1 rings (SSSR count). The molecule has 0 spiro atoms. The third-order valence-electron chi connectivity index (χ3n) is 3.06. The lowest BCUT2D eigenvalue weighted by molar-refractivity contribution is -0.122. The zero-order chi connectivity index (χ0) is 8.97. The summed E-state index contributed by atoms with van der Waals surface area (Å²) in [5.74, 6) is 1.62. The highest BCUT2D eigenvalue weighted by Gasteiger charge is 2.20. The summed E-state index contributed by atoms with van der Waals surface area (Å²) in [6, 6.07) is 0. The normalized spacial score (nSPS) is 21.2. The van der Waals surface area contributed by atoms with E-state index in [1.807, 2.05) is 6.92 Å². The van der Waals surface area contributed by atoms with E-state index in [0.29, 0.717) is 18.1 Å². The minimum Gasteiger partial charge on any atom is -0.299 e. The lowest BCUT2D eigenvalue weighted by Crippen LogP contribution is -2.12. The van der Waals surface area contributed by atoms with Gasteiger partial charge in [-0.1, -0.05) is 39.5 Å². The van der Waals surface area contributed by atoms with Gasteiger partial charge in [-0.2, -0.15) is 0 Å². The molecule has 1 aliphatic carbocycles. The van der Waals surface area contributed by atoms with Crippen molar-refractivity contribution < 1.29 is 4.79 Å². The van der Waals surface area contributed by atoms with E-state index in [-0.39, 0.29) is 0 Å². The van der Waals surface area contributed by atoms with E-state index < -0.39 is 0 Å². The molecule has 0 bridgehead atoms. The Morgan fingerprint density at radius 2 is 2.00 bits per heavy atom. The number of ketones is 1. The molecule has 0 unspecified atom stereocenters. The molecule has 0 heterocycles. The quantitative estimate of drug-likeness (QED) is 0.630. The Labute approximate surface area is 75.5 Å². The van der Waals surface area contributed by atoms with Crippen LogP contribution in [-0.2, 0) is 4.79 Å².